The molecule has 4 heteroatoms. The zero-order chi connectivity index (χ0) is 14.5. The molecule has 1 saturated heterocycles. The number of piperidine rings is 1. The van der Waals surface area contributed by atoms with Crippen molar-refractivity contribution in [3.05, 3.63) is 29.3 Å². The molecule has 0 bridgehead atoms. The van der Waals surface area contributed by atoms with E-state index in [0.717, 1.165) is 38.0 Å². The van der Waals surface area contributed by atoms with Crippen LogP contribution >= 0.6 is 0 Å². The summed E-state index contributed by atoms with van der Waals surface area (Å²) in [6.07, 6.45) is 3.17. The highest BCUT2D eigenvalue weighted by Crippen LogP contribution is 2.20. The molecule has 1 heterocycles. The highest BCUT2D eigenvalue weighted by Gasteiger charge is 2.25. The third-order valence-corrected chi connectivity index (χ3v) is 3.66. The number of carbonyl (C=O) groups is 1. The Hall–Kier alpha value is -1.55. The van der Waals surface area contributed by atoms with Gasteiger partial charge in [-0.3, -0.25) is 4.79 Å². The van der Waals surface area contributed by atoms with Crippen molar-refractivity contribution in [3.8, 4) is 5.75 Å². The first-order chi connectivity index (χ1) is 9.61. The Labute approximate surface area is 120 Å². The Bertz CT molecular complexity index is 473. The minimum atomic E-state index is 0.0345. The van der Waals surface area contributed by atoms with E-state index < -0.39 is 0 Å². The van der Waals surface area contributed by atoms with Crippen LogP contribution in [0, 0.1) is 6.92 Å². The normalized spacial score (nSPS) is 19.1. The van der Waals surface area contributed by atoms with Crippen LogP contribution in [0.15, 0.2) is 18.2 Å². The number of ether oxygens (including phenoxy) is 1. The molecule has 1 N–H and O–H groups in total. The number of benzene rings is 1. The lowest BCUT2D eigenvalue weighted by molar-refractivity contribution is 0.00208. The molecular formula is C16H23NO3. The summed E-state index contributed by atoms with van der Waals surface area (Å²) < 4.78 is 5.76. The van der Waals surface area contributed by atoms with E-state index in [0.29, 0.717) is 12.1 Å². The van der Waals surface area contributed by atoms with Crippen LogP contribution in [0.2, 0.25) is 0 Å². The fraction of sp³-hybridized carbons (Fsp3) is 0.562. The van der Waals surface area contributed by atoms with Gasteiger partial charge in [-0.1, -0.05) is 6.92 Å². The number of carbonyl (C=O) groups excluding carboxylic acids is 1. The lowest BCUT2D eigenvalue weighted by atomic mass is 10.0. The summed E-state index contributed by atoms with van der Waals surface area (Å²) in [5.41, 5.74) is 1.48. The summed E-state index contributed by atoms with van der Waals surface area (Å²) in [6.45, 7) is 6.14. The number of phenols is 1. The number of phenolic OH excluding ortho intramolecular Hbond substituents is 1. The maximum absolute atomic E-state index is 12.5. The molecule has 0 saturated carbocycles. The van der Waals surface area contributed by atoms with Crippen LogP contribution in [0.3, 0.4) is 0 Å². The van der Waals surface area contributed by atoms with Crippen molar-refractivity contribution < 1.29 is 14.6 Å². The number of rotatable bonds is 4. The molecule has 0 aliphatic carbocycles. The minimum absolute atomic E-state index is 0.0345. The number of amides is 1. The number of aromatic hydroxyl groups is 1. The Kier molecular flexibility index (Phi) is 5.01. The highest BCUT2D eigenvalue weighted by atomic mass is 16.5. The summed E-state index contributed by atoms with van der Waals surface area (Å²) in [4.78, 5) is 14.4. The van der Waals surface area contributed by atoms with Gasteiger partial charge in [0.05, 0.1) is 6.10 Å². The van der Waals surface area contributed by atoms with Crippen molar-refractivity contribution >= 4 is 5.91 Å². The molecule has 1 aliphatic heterocycles. The number of hydrogen-bond acceptors (Lipinski definition) is 3. The number of nitrogens with zero attached hydrogens (tertiary/aromatic N) is 1. The Balaban J connectivity index is 2.04. The molecule has 0 radical (unpaired) electrons. The second-order valence-electron chi connectivity index (χ2n) is 5.39. The van der Waals surface area contributed by atoms with Gasteiger partial charge in [0.1, 0.15) is 5.75 Å². The van der Waals surface area contributed by atoms with E-state index in [1.54, 1.807) is 18.2 Å². The largest absolute Gasteiger partial charge is 0.508 e. The second-order valence-corrected chi connectivity index (χ2v) is 5.39. The molecule has 1 atom stereocenters. The fourth-order valence-corrected chi connectivity index (χ4v) is 2.60. The number of aryl methyl sites for hydroxylation is 1. The molecule has 1 aromatic rings. The highest BCUT2D eigenvalue weighted by molar-refractivity contribution is 5.95. The molecule has 20 heavy (non-hydrogen) atoms. The van der Waals surface area contributed by atoms with E-state index in [1.807, 2.05) is 11.8 Å². The average molecular weight is 277 g/mol. The predicted molar refractivity (Wildman–Crippen MR) is 78.0 cm³/mol. The van der Waals surface area contributed by atoms with Gasteiger partial charge in [-0.05, 0) is 49.9 Å². The van der Waals surface area contributed by atoms with Crippen LogP contribution in [0.4, 0.5) is 0 Å². The molecule has 0 spiro atoms. The van der Waals surface area contributed by atoms with Crippen LogP contribution < -0.4 is 0 Å². The first kappa shape index (κ1) is 14.9. The second kappa shape index (κ2) is 6.75. The summed E-state index contributed by atoms with van der Waals surface area (Å²) >= 11 is 0. The van der Waals surface area contributed by atoms with Gasteiger partial charge in [0, 0.05) is 25.3 Å². The molecule has 4 nitrogen and oxygen atoms in total. The maximum Gasteiger partial charge on any atom is 0.254 e. The van der Waals surface area contributed by atoms with Gasteiger partial charge in [-0.2, -0.15) is 0 Å². The van der Waals surface area contributed by atoms with Gasteiger partial charge in [-0.15, -0.1) is 0 Å². The summed E-state index contributed by atoms with van der Waals surface area (Å²) in [5, 5.41) is 9.42. The lowest BCUT2D eigenvalue weighted by Gasteiger charge is -2.33. The monoisotopic (exact) mass is 277 g/mol. The van der Waals surface area contributed by atoms with Crippen LogP contribution in [0.1, 0.15) is 42.1 Å². The van der Waals surface area contributed by atoms with E-state index in [2.05, 4.69) is 6.92 Å². The summed E-state index contributed by atoms with van der Waals surface area (Å²) in [5.74, 6) is 0.231. The average Bonchev–Trinajstić information content (AvgIpc) is 2.45. The van der Waals surface area contributed by atoms with Crippen molar-refractivity contribution in [2.24, 2.45) is 0 Å². The van der Waals surface area contributed by atoms with Crippen molar-refractivity contribution in [1.82, 2.24) is 4.90 Å². The smallest absolute Gasteiger partial charge is 0.254 e. The van der Waals surface area contributed by atoms with Gasteiger partial charge in [0.2, 0.25) is 0 Å². The predicted octanol–water partition coefficient (Wildman–Crippen LogP) is 2.73. The first-order valence-electron chi connectivity index (χ1n) is 7.32. The molecule has 0 aromatic heterocycles. The van der Waals surface area contributed by atoms with Crippen molar-refractivity contribution in [2.75, 3.05) is 19.7 Å². The zero-order valence-corrected chi connectivity index (χ0v) is 12.3. The van der Waals surface area contributed by atoms with Crippen LogP contribution in [-0.2, 0) is 4.74 Å². The summed E-state index contributed by atoms with van der Waals surface area (Å²) in [7, 11) is 0. The van der Waals surface area contributed by atoms with Gasteiger partial charge >= 0.3 is 0 Å². The van der Waals surface area contributed by atoms with E-state index in [9.17, 15) is 9.90 Å². The molecular weight excluding hydrogens is 254 g/mol. The van der Waals surface area contributed by atoms with Crippen LogP contribution in [0.25, 0.3) is 0 Å². The van der Waals surface area contributed by atoms with E-state index in [1.165, 1.54) is 0 Å². The quantitative estimate of drug-likeness (QED) is 0.920. The van der Waals surface area contributed by atoms with Gasteiger partial charge < -0.3 is 14.7 Å². The van der Waals surface area contributed by atoms with Gasteiger partial charge in [0.15, 0.2) is 0 Å². The summed E-state index contributed by atoms with van der Waals surface area (Å²) in [6, 6.07) is 4.89. The number of likely N-dealkylation sites (tertiary alicyclic amines) is 1. The van der Waals surface area contributed by atoms with Gasteiger partial charge in [-0.25, -0.2) is 0 Å². The molecule has 110 valence electrons. The first-order valence-corrected chi connectivity index (χ1v) is 7.32. The topological polar surface area (TPSA) is 49.8 Å². The SMILES string of the molecule is CCCOC1CCCN(C(=O)c2ccc(O)cc2C)C1. The van der Waals surface area contributed by atoms with Crippen molar-refractivity contribution in [1.29, 1.82) is 0 Å². The molecule has 2 rings (SSSR count). The van der Waals surface area contributed by atoms with E-state index in [4.69, 9.17) is 4.74 Å². The van der Waals surface area contributed by atoms with Crippen molar-refractivity contribution in [3.63, 3.8) is 0 Å². The third-order valence-electron chi connectivity index (χ3n) is 3.66. The molecule has 1 fully saturated rings. The Morgan fingerprint density at radius 1 is 1.50 bits per heavy atom. The minimum Gasteiger partial charge on any atom is -0.508 e. The van der Waals surface area contributed by atoms with Gasteiger partial charge in [0.25, 0.3) is 5.91 Å². The lowest BCUT2D eigenvalue weighted by Crippen LogP contribution is -2.43. The van der Waals surface area contributed by atoms with Crippen LogP contribution in [-0.4, -0.2) is 41.7 Å². The Morgan fingerprint density at radius 3 is 3.00 bits per heavy atom. The molecule has 1 aliphatic rings. The molecule has 1 unspecified atom stereocenters. The van der Waals surface area contributed by atoms with E-state index >= 15 is 0 Å². The zero-order valence-electron chi connectivity index (χ0n) is 12.3. The standard InChI is InChI=1S/C16H23NO3/c1-3-9-20-14-5-4-8-17(11-14)16(19)15-7-6-13(18)10-12(15)2/h6-7,10,14,18H,3-5,8-9,11H2,1-2H3. The van der Waals surface area contributed by atoms with Crippen LogP contribution in [0.5, 0.6) is 5.75 Å². The van der Waals surface area contributed by atoms with Crippen molar-refractivity contribution in [2.45, 2.75) is 39.2 Å². The number of hydrogen-bond donors (Lipinski definition) is 1. The Morgan fingerprint density at radius 2 is 2.30 bits per heavy atom. The van der Waals surface area contributed by atoms with E-state index in [-0.39, 0.29) is 17.8 Å². The third kappa shape index (κ3) is 3.51. The molecule has 1 aromatic carbocycles. The molecule has 1 amide bonds. The maximum atomic E-state index is 12.5. The fourth-order valence-electron chi connectivity index (χ4n) is 2.60.